The minimum atomic E-state index is -0.256. The first-order chi connectivity index (χ1) is 9.66. The molecule has 2 aromatic rings. The highest BCUT2D eigenvalue weighted by Crippen LogP contribution is 2.33. The molecule has 0 bridgehead atoms. The Morgan fingerprint density at radius 3 is 2.80 bits per heavy atom. The fourth-order valence-corrected chi connectivity index (χ4v) is 2.99. The summed E-state index contributed by atoms with van der Waals surface area (Å²) in [5, 5.41) is 0.473. The summed E-state index contributed by atoms with van der Waals surface area (Å²) in [4.78, 5) is 2.15. The second kappa shape index (κ2) is 5.33. The van der Waals surface area contributed by atoms with Crippen molar-refractivity contribution >= 4 is 23.0 Å². The largest absolute Gasteiger partial charge is 0.398 e. The van der Waals surface area contributed by atoms with Crippen molar-refractivity contribution in [3.8, 4) is 0 Å². The number of hydrogen-bond donors (Lipinski definition) is 1. The van der Waals surface area contributed by atoms with Crippen molar-refractivity contribution in [3.63, 3.8) is 0 Å². The Labute approximate surface area is 123 Å². The normalized spacial score (nSPS) is 14.2. The highest BCUT2D eigenvalue weighted by molar-refractivity contribution is 6.31. The van der Waals surface area contributed by atoms with Gasteiger partial charge in [0, 0.05) is 35.1 Å². The van der Waals surface area contributed by atoms with Crippen LogP contribution >= 0.6 is 11.6 Å². The molecule has 0 atom stereocenters. The molecule has 1 aliphatic heterocycles. The smallest absolute Gasteiger partial charge is 0.129 e. The monoisotopic (exact) mass is 290 g/mol. The van der Waals surface area contributed by atoms with Crippen molar-refractivity contribution in [2.24, 2.45) is 0 Å². The van der Waals surface area contributed by atoms with Gasteiger partial charge in [0.15, 0.2) is 0 Å². The molecule has 20 heavy (non-hydrogen) atoms. The van der Waals surface area contributed by atoms with Gasteiger partial charge in [0.25, 0.3) is 0 Å². The van der Waals surface area contributed by atoms with Crippen molar-refractivity contribution in [1.29, 1.82) is 0 Å². The number of halogens is 2. The van der Waals surface area contributed by atoms with Crippen LogP contribution in [0.5, 0.6) is 0 Å². The molecule has 4 heteroatoms. The van der Waals surface area contributed by atoms with E-state index in [1.165, 1.54) is 6.07 Å². The van der Waals surface area contributed by atoms with Crippen molar-refractivity contribution < 1.29 is 4.39 Å². The molecule has 0 radical (unpaired) electrons. The summed E-state index contributed by atoms with van der Waals surface area (Å²) in [6, 6.07) is 10.7. The molecule has 0 aromatic heterocycles. The van der Waals surface area contributed by atoms with Crippen LogP contribution in [0.3, 0.4) is 0 Å². The minimum absolute atomic E-state index is 0.256. The summed E-state index contributed by atoms with van der Waals surface area (Å²) in [5.41, 5.74) is 9.64. The summed E-state index contributed by atoms with van der Waals surface area (Å²) in [7, 11) is 0. The van der Waals surface area contributed by atoms with Crippen LogP contribution in [-0.4, -0.2) is 6.54 Å². The molecule has 1 heterocycles. The van der Waals surface area contributed by atoms with Crippen molar-refractivity contribution in [2.75, 3.05) is 17.2 Å². The zero-order valence-corrected chi connectivity index (χ0v) is 11.8. The van der Waals surface area contributed by atoms with E-state index in [9.17, 15) is 4.39 Å². The maximum atomic E-state index is 13.9. The third kappa shape index (κ3) is 2.34. The second-order valence-corrected chi connectivity index (χ2v) is 5.48. The number of rotatable bonds is 2. The maximum Gasteiger partial charge on any atom is 0.129 e. The van der Waals surface area contributed by atoms with Crippen LogP contribution in [0.15, 0.2) is 36.4 Å². The van der Waals surface area contributed by atoms with E-state index >= 15 is 0 Å². The van der Waals surface area contributed by atoms with Crippen LogP contribution < -0.4 is 10.6 Å². The molecule has 0 spiro atoms. The van der Waals surface area contributed by atoms with E-state index < -0.39 is 0 Å². The predicted octanol–water partition coefficient (Wildman–Crippen LogP) is 4.01. The van der Waals surface area contributed by atoms with Crippen LogP contribution in [0.4, 0.5) is 15.8 Å². The molecule has 0 aliphatic carbocycles. The number of fused-ring (bicyclic) bond motifs is 1. The lowest BCUT2D eigenvalue weighted by Gasteiger charge is -2.32. The van der Waals surface area contributed by atoms with Crippen molar-refractivity contribution in [3.05, 3.63) is 58.4 Å². The lowest BCUT2D eigenvalue weighted by molar-refractivity contribution is 0.598. The summed E-state index contributed by atoms with van der Waals surface area (Å²) < 4.78 is 13.9. The molecule has 104 valence electrons. The first kappa shape index (κ1) is 13.3. The Hall–Kier alpha value is -1.74. The summed E-state index contributed by atoms with van der Waals surface area (Å²) >= 11 is 6.12. The molecule has 2 N–H and O–H groups in total. The van der Waals surface area contributed by atoms with Crippen LogP contribution in [0.25, 0.3) is 0 Å². The van der Waals surface area contributed by atoms with Gasteiger partial charge in [-0.15, -0.1) is 0 Å². The standard InChI is InChI=1S/C16H16ClFN2/c17-13-5-1-6-14(18)12(13)10-20-9-3-4-11-15(19)7-2-8-16(11)20/h1-2,5-8H,3-4,9-10,19H2. The van der Waals surface area contributed by atoms with E-state index in [0.29, 0.717) is 17.1 Å². The first-order valence-corrected chi connectivity index (χ1v) is 7.10. The molecule has 0 saturated carbocycles. The average molecular weight is 291 g/mol. The summed E-state index contributed by atoms with van der Waals surface area (Å²) in [6.07, 6.45) is 2.00. The van der Waals surface area contributed by atoms with Gasteiger partial charge in [-0.1, -0.05) is 23.7 Å². The van der Waals surface area contributed by atoms with Gasteiger partial charge in [-0.05, 0) is 42.7 Å². The Kier molecular flexibility index (Phi) is 3.53. The zero-order valence-electron chi connectivity index (χ0n) is 11.1. The van der Waals surface area contributed by atoms with Crippen LogP contribution in [0.2, 0.25) is 5.02 Å². The Bertz CT molecular complexity index is 622. The molecule has 2 nitrogen and oxygen atoms in total. The van der Waals surface area contributed by atoms with Gasteiger partial charge in [-0.2, -0.15) is 0 Å². The number of hydrogen-bond acceptors (Lipinski definition) is 2. The topological polar surface area (TPSA) is 29.3 Å². The average Bonchev–Trinajstić information content (AvgIpc) is 2.44. The second-order valence-electron chi connectivity index (χ2n) is 5.07. The fourth-order valence-electron chi connectivity index (χ4n) is 2.77. The van der Waals surface area contributed by atoms with Gasteiger partial charge in [0.05, 0.1) is 0 Å². The molecule has 3 rings (SSSR count). The number of nitrogens with two attached hydrogens (primary N) is 1. The number of anilines is 2. The third-order valence-electron chi connectivity index (χ3n) is 3.79. The third-order valence-corrected chi connectivity index (χ3v) is 4.15. The van der Waals surface area contributed by atoms with E-state index in [4.69, 9.17) is 17.3 Å². The zero-order chi connectivity index (χ0) is 14.1. The molecular weight excluding hydrogens is 275 g/mol. The van der Waals surface area contributed by atoms with Gasteiger partial charge >= 0.3 is 0 Å². The number of nitrogens with zero attached hydrogens (tertiary/aromatic N) is 1. The lowest BCUT2D eigenvalue weighted by Crippen LogP contribution is -2.29. The van der Waals surface area contributed by atoms with Gasteiger partial charge < -0.3 is 10.6 Å². The van der Waals surface area contributed by atoms with E-state index in [0.717, 1.165) is 36.3 Å². The maximum absolute atomic E-state index is 13.9. The van der Waals surface area contributed by atoms with Crippen LogP contribution in [0.1, 0.15) is 17.5 Å². The van der Waals surface area contributed by atoms with E-state index in [2.05, 4.69) is 4.90 Å². The highest BCUT2D eigenvalue weighted by atomic mass is 35.5. The molecule has 0 saturated heterocycles. The Morgan fingerprint density at radius 2 is 2.00 bits per heavy atom. The lowest BCUT2D eigenvalue weighted by atomic mass is 9.99. The van der Waals surface area contributed by atoms with Gasteiger partial charge in [-0.3, -0.25) is 0 Å². The summed E-state index contributed by atoms with van der Waals surface area (Å²) in [6.45, 7) is 1.36. The van der Waals surface area contributed by atoms with Crippen molar-refractivity contribution in [1.82, 2.24) is 0 Å². The Morgan fingerprint density at radius 1 is 1.20 bits per heavy atom. The van der Waals surface area contributed by atoms with Crippen LogP contribution in [-0.2, 0) is 13.0 Å². The number of benzene rings is 2. The van der Waals surface area contributed by atoms with Crippen molar-refractivity contribution in [2.45, 2.75) is 19.4 Å². The van der Waals surface area contributed by atoms with Crippen LogP contribution in [0, 0.1) is 5.82 Å². The summed E-state index contributed by atoms with van der Waals surface area (Å²) in [5.74, 6) is -0.256. The van der Waals surface area contributed by atoms with Gasteiger partial charge in [-0.25, -0.2) is 4.39 Å². The molecule has 1 aliphatic rings. The molecule has 0 unspecified atom stereocenters. The predicted molar refractivity (Wildman–Crippen MR) is 81.6 cm³/mol. The number of nitrogen functional groups attached to an aromatic ring is 1. The highest BCUT2D eigenvalue weighted by Gasteiger charge is 2.20. The Balaban J connectivity index is 1.96. The van der Waals surface area contributed by atoms with E-state index in [-0.39, 0.29) is 5.82 Å². The molecular formula is C16H16ClFN2. The van der Waals surface area contributed by atoms with E-state index in [1.54, 1.807) is 12.1 Å². The quantitative estimate of drug-likeness (QED) is 0.847. The molecule has 2 aromatic carbocycles. The first-order valence-electron chi connectivity index (χ1n) is 6.72. The molecule has 0 amide bonds. The van der Waals surface area contributed by atoms with Gasteiger partial charge in [0.1, 0.15) is 5.82 Å². The SMILES string of the molecule is Nc1cccc2c1CCCN2Cc1c(F)cccc1Cl. The minimum Gasteiger partial charge on any atom is -0.398 e. The van der Waals surface area contributed by atoms with Gasteiger partial charge in [0.2, 0.25) is 0 Å². The fraction of sp³-hybridized carbons (Fsp3) is 0.250. The van der Waals surface area contributed by atoms with E-state index in [1.807, 2.05) is 18.2 Å². The molecule has 0 fully saturated rings.